The molecule has 2 aromatic carbocycles. The number of pyridine rings is 1. The van der Waals surface area contributed by atoms with E-state index in [-0.39, 0.29) is 17.9 Å². The normalized spacial score (nSPS) is 14.3. The van der Waals surface area contributed by atoms with Crippen LogP contribution in [-0.2, 0) is 11.3 Å². The Morgan fingerprint density at radius 2 is 1.85 bits per heavy atom. The third-order valence-electron chi connectivity index (χ3n) is 8.28. The first-order valence-electron chi connectivity index (χ1n) is 15.9. The van der Waals surface area contributed by atoms with Crippen LogP contribution in [0.15, 0.2) is 72.9 Å². The van der Waals surface area contributed by atoms with E-state index in [0.717, 1.165) is 64.9 Å². The minimum atomic E-state index is -0.187. The molecule has 238 valence electrons. The van der Waals surface area contributed by atoms with Gasteiger partial charge in [0.05, 0.1) is 23.1 Å². The number of fused-ring (bicyclic) bond motifs is 2. The van der Waals surface area contributed by atoms with Crippen LogP contribution in [0.5, 0.6) is 0 Å². The molecule has 0 unspecified atom stereocenters. The van der Waals surface area contributed by atoms with Crippen molar-refractivity contribution >= 4 is 40.0 Å². The minimum absolute atomic E-state index is 0.187. The van der Waals surface area contributed by atoms with Gasteiger partial charge in [-0.05, 0) is 50.6 Å². The number of carbonyl (C=O) groups is 1. The van der Waals surface area contributed by atoms with E-state index in [4.69, 9.17) is 20.7 Å². The van der Waals surface area contributed by atoms with Gasteiger partial charge < -0.3 is 26.2 Å². The lowest BCUT2D eigenvalue weighted by atomic mass is 10.0. The number of piperidine rings is 1. The number of aromatic nitrogens is 5. The average Bonchev–Trinajstić information content (AvgIpc) is 3.49. The van der Waals surface area contributed by atoms with E-state index in [1.165, 1.54) is 0 Å². The Labute approximate surface area is 269 Å². The van der Waals surface area contributed by atoms with E-state index in [9.17, 15) is 4.79 Å². The third-order valence-corrected chi connectivity index (χ3v) is 8.28. The van der Waals surface area contributed by atoms with Gasteiger partial charge in [0.15, 0.2) is 5.65 Å². The fourth-order valence-corrected chi connectivity index (χ4v) is 5.69. The highest BCUT2D eigenvalue weighted by Crippen LogP contribution is 2.29. The zero-order valence-corrected chi connectivity index (χ0v) is 26.9. The zero-order chi connectivity index (χ0) is 32.2. The molecule has 1 amide bonds. The summed E-state index contributed by atoms with van der Waals surface area (Å²) < 4.78 is 1.80. The molecule has 46 heavy (non-hydrogen) atoms. The van der Waals surface area contributed by atoms with E-state index in [2.05, 4.69) is 46.6 Å². The topological polar surface area (TPSA) is 130 Å². The summed E-state index contributed by atoms with van der Waals surface area (Å²) in [5.41, 5.74) is 12.3. The standard InChI is InChI=1S/C35H42N10O/c1-23(2)28-22-38-45-33(28)41-35(44-19-16-26(36)17-20-44)42-34(45)37-21-25-9-5-6-11-27(25)29-15-14-24-10-7-12-30(32(24)40-29)39-31(46)13-8-18-43(3)4/h5-15,22-23,26H,16-21,36H2,1-4H3,(H,39,46)(H,37,41,42)/b13-8+. The summed E-state index contributed by atoms with van der Waals surface area (Å²) in [6, 6.07) is 18.3. The monoisotopic (exact) mass is 618 g/mol. The molecule has 4 N–H and O–H groups in total. The number of likely N-dealkylation sites (N-methyl/N-ethyl adjacent to an activating group) is 1. The molecule has 0 atom stereocenters. The van der Waals surface area contributed by atoms with E-state index in [1.807, 2.05) is 73.7 Å². The summed E-state index contributed by atoms with van der Waals surface area (Å²) >= 11 is 0. The van der Waals surface area contributed by atoms with Crippen molar-refractivity contribution in [2.45, 2.75) is 45.2 Å². The Morgan fingerprint density at radius 1 is 1.04 bits per heavy atom. The van der Waals surface area contributed by atoms with Crippen LogP contribution in [0.2, 0.25) is 0 Å². The second kappa shape index (κ2) is 13.6. The molecule has 11 nitrogen and oxygen atoms in total. The quantitative estimate of drug-likeness (QED) is 0.184. The van der Waals surface area contributed by atoms with Crippen molar-refractivity contribution in [2.75, 3.05) is 49.3 Å². The van der Waals surface area contributed by atoms with Crippen molar-refractivity contribution in [1.29, 1.82) is 0 Å². The second-order valence-electron chi connectivity index (χ2n) is 12.4. The van der Waals surface area contributed by atoms with Crippen molar-refractivity contribution in [3.05, 3.63) is 84.1 Å². The fraction of sp³-hybridized carbons (Fsp3) is 0.343. The number of benzene rings is 2. The maximum atomic E-state index is 12.7. The molecular weight excluding hydrogens is 576 g/mol. The van der Waals surface area contributed by atoms with E-state index in [0.29, 0.717) is 30.7 Å². The van der Waals surface area contributed by atoms with Gasteiger partial charge in [0.1, 0.15) is 0 Å². The zero-order valence-electron chi connectivity index (χ0n) is 26.9. The Bertz CT molecular complexity index is 1870. The van der Waals surface area contributed by atoms with Crippen molar-refractivity contribution in [3.63, 3.8) is 0 Å². The van der Waals surface area contributed by atoms with Gasteiger partial charge in [-0.2, -0.15) is 19.6 Å². The van der Waals surface area contributed by atoms with Gasteiger partial charge in [-0.15, -0.1) is 0 Å². The van der Waals surface area contributed by atoms with E-state index < -0.39 is 0 Å². The van der Waals surface area contributed by atoms with Gasteiger partial charge in [0.2, 0.25) is 17.8 Å². The molecule has 0 aliphatic carbocycles. The summed E-state index contributed by atoms with van der Waals surface area (Å²) in [6.07, 6.45) is 7.11. The number of rotatable bonds is 10. The van der Waals surface area contributed by atoms with Crippen molar-refractivity contribution in [1.82, 2.24) is 29.5 Å². The second-order valence-corrected chi connectivity index (χ2v) is 12.4. The number of nitrogens with one attached hydrogen (secondary N) is 2. The lowest BCUT2D eigenvalue weighted by Gasteiger charge is -2.30. The molecule has 1 aliphatic heterocycles. The van der Waals surface area contributed by atoms with Crippen LogP contribution >= 0.6 is 0 Å². The van der Waals surface area contributed by atoms with Crippen molar-refractivity contribution < 1.29 is 4.79 Å². The van der Waals surface area contributed by atoms with E-state index in [1.54, 1.807) is 10.6 Å². The third kappa shape index (κ3) is 6.85. The van der Waals surface area contributed by atoms with Gasteiger partial charge >= 0.3 is 0 Å². The molecule has 5 aromatic rings. The summed E-state index contributed by atoms with van der Waals surface area (Å²) in [6.45, 7) is 7.14. The molecule has 1 saturated heterocycles. The van der Waals surface area contributed by atoms with Crippen molar-refractivity contribution in [3.8, 4) is 11.3 Å². The molecule has 1 aliphatic rings. The molecule has 4 heterocycles. The summed E-state index contributed by atoms with van der Waals surface area (Å²) in [7, 11) is 3.92. The molecule has 6 rings (SSSR count). The number of nitrogens with zero attached hydrogens (tertiary/aromatic N) is 7. The Hall–Kier alpha value is -4.87. The van der Waals surface area contributed by atoms with Crippen molar-refractivity contribution in [2.24, 2.45) is 5.73 Å². The molecule has 1 fully saturated rings. The number of anilines is 3. The molecule has 11 heteroatoms. The lowest BCUT2D eigenvalue weighted by molar-refractivity contribution is -0.111. The highest BCUT2D eigenvalue weighted by molar-refractivity contribution is 6.05. The Kier molecular flexibility index (Phi) is 9.23. The Balaban J connectivity index is 1.30. The molecule has 0 spiro atoms. The fourth-order valence-electron chi connectivity index (χ4n) is 5.69. The minimum Gasteiger partial charge on any atom is -0.350 e. The number of hydrogen-bond donors (Lipinski definition) is 3. The van der Waals surface area contributed by atoms with Crippen LogP contribution in [0, 0.1) is 0 Å². The average molecular weight is 619 g/mol. The first kappa shape index (κ1) is 31.1. The Morgan fingerprint density at radius 3 is 2.63 bits per heavy atom. The predicted molar refractivity (Wildman–Crippen MR) is 185 cm³/mol. The van der Waals surface area contributed by atoms with Gasteiger partial charge in [0, 0.05) is 54.8 Å². The molecular formula is C35H42N10O. The molecule has 3 aromatic heterocycles. The number of nitrogens with two attached hydrogens (primary N) is 1. The SMILES string of the molecule is CC(C)c1cnn2c(NCc3ccccc3-c3ccc4cccc(NC(=O)/C=C/CN(C)C)c4n3)nc(N3CCC(N)CC3)nc12. The summed E-state index contributed by atoms with van der Waals surface area (Å²) in [5, 5.41) is 12.2. The van der Waals surface area contributed by atoms with Crippen LogP contribution in [0.1, 0.15) is 43.7 Å². The van der Waals surface area contributed by atoms with Gasteiger partial charge in [-0.25, -0.2) is 4.98 Å². The first-order valence-corrected chi connectivity index (χ1v) is 15.9. The number of para-hydroxylation sites is 1. The number of amides is 1. The van der Waals surface area contributed by atoms with Crippen LogP contribution in [0.25, 0.3) is 27.8 Å². The van der Waals surface area contributed by atoms with Crippen LogP contribution < -0.4 is 21.3 Å². The molecule has 0 radical (unpaired) electrons. The number of hydrogen-bond acceptors (Lipinski definition) is 9. The molecule has 0 bridgehead atoms. The lowest BCUT2D eigenvalue weighted by Crippen LogP contribution is -2.40. The van der Waals surface area contributed by atoms with Crippen LogP contribution in [-0.4, -0.2) is 75.1 Å². The van der Waals surface area contributed by atoms with E-state index >= 15 is 0 Å². The predicted octanol–water partition coefficient (Wildman–Crippen LogP) is 5.06. The first-order chi connectivity index (χ1) is 22.3. The maximum absolute atomic E-state index is 12.7. The number of carbonyl (C=O) groups excluding carboxylic acids is 1. The highest BCUT2D eigenvalue weighted by atomic mass is 16.1. The van der Waals surface area contributed by atoms with Gasteiger partial charge in [-0.3, -0.25) is 4.79 Å². The van der Waals surface area contributed by atoms with Gasteiger partial charge in [-0.1, -0.05) is 62.4 Å². The largest absolute Gasteiger partial charge is 0.350 e. The van der Waals surface area contributed by atoms with Crippen LogP contribution in [0.4, 0.5) is 17.6 Å². The summed E-state index contributed by atoms with van der Waals surface area (Å²) in [5.74, 6) is 1.41. The summed E-state index contributed by atoms with van der Waals surface area (Å²) in [4.78, 5) is 31.8. The van der Waals surface area contributed by atoms with Gasteiger partial charge in [0.25, 0.3) is 0 Å². The maximum Gasteiger partial charge on any atom is 0.248 e. The van der Waals surface area contributed by atoms with Crippen LogP contribution in [0.3, 0.4) is 0 Å². The highest BCUT2D eigenvalue weighted by Gasteiger charge is 2.22. The smallest absolute Gasteiger partial charge is 0.248 e. The molecule has 0 saturated carbocycles.